The number of carbonyl (C=O) groups is 3. The average Bonchev–Trinajstić information content (AvgIpc) is 2.49. The quantitative estimate of drug-likeness (QED) is 0.623. The summed E-state index contributed by atoms with van der Waals surface area (Å²) in [6.07, 6.45) is 1.73. The highest BCUT2D eigenvalue weighted by Gasteiger charge is 2.51. The third kappa shape index (κ3) is 2.57. The van der Waals surface area contributed by atoms with Crippen LogP contribution in [0.25, 0.3) is 0 Å². The molecule has 0 aliphatic heterocycles. The predicted octanol–water partition coefficient (Wildman–Crippen LogP) is 1.90. The molecule has 1 atom stereocenters. The van der Waals surface area contributed by atoms with Crippen LogP contribution in [0.1, 0.15) is 36.0 Å². The van der Waals surface area contributed by atoms with Gasteiger partial charge in [-0.05, 0) is 25.0 Å². The normalized spacial score (nSPS) is 22.1. The second-order valence-corrected chi connectivity index (χ2v) is 4.70. The molecule has 1 aliphatic rings. The van der Waals surface area contributed by atoms with E-state index in [0.717, 1.165) is 0 Å². The lowest BCUT2D eigenvalue weighted by atomic mass is 9.83. The van der Waals surface area contributed by atoms with Crippen molar-refractivity contribution in [3.05, 3.63) is 35.9 Å². The van der Waals surface area contributed by atoms with Gasteiger partial charge in [-0.1, -0.05) is 18.2 Å². The lowest BCUT2D eigenvalue weighted by Gasteiger charge is -2.32. The van der Waals surface area contributed by atoms with Crippen molar-refractivity contribution < 1.29 is 23.9 Å². The molecule has 1 aliphatic carbocycles. The van der Waals surface area contributed by atoms with E-state index in [1.54, 1.807) is 30.3 Å². The predicted molar refractivity (Wildman–Crippen MR) is 70.1 cm³/mol. The van der Waals surface area contributed by atoms with E-state index >= 15 is 0 Å². The molecule has 0 amide bonds. The van der Waals surface area contributed by atoms with Gasteiger partial charge in [0.1, 0.15) is 0 Å². The van der Waals surface area contributed by atoms with Crippen LogP contribution >= 0.6 is 0 Å². The summed E-state index contributed by atoms with van der Waals surface area (Å²) in [7, 11) is 1.18. The molecule has 1 aromatic carbocycles. The zero-order valence-electron chi connectivity index (χ0n) is 11.3. The number of ketones is 1. The van der Waals surface area contributed by atoms with Crippen molar-refractivity contribution in [2.24, 2.45) is 0 Å². The number of hydrogen-bond acceptors (Lipinski definition) is 5. The molecule has 0 heterocycles. The Morgan fingerprint density at radius 2 is 1.85 bits per heavy atom. The Kier molecular flexibility index (Phi) is 4.17. The Morgan fingerprint density at radius 3 is 2.45 bits per heavy atom. The first-order chi connectivity index (χ1) is 9.60. The molecule has 1 saturated carbocycles. The van der Waals surface area contributed by atoms with E-state index in [4.69, 9.17) is 4.74 Å². The monoisotopic (exact) mass is 276 g/mol. The summed E-state index contributed by atoms with van der Waals surface area (Å²) in [5.74, 6) is -1.88. The van der Waals surface area contributed by atoms with Crippen molar-refractivity contribution >= 4 is 17.7 Å². The lowest BCUT2D eigenvalue weighted by molar-refractivity contribution is -0.171. The van der Waals surface area contributed by atoms with Crippen LogP contribution in [0.2, 0.25) is 0 Å². The highest BCUT2D eigenvalue weighted by molar-refractivity contribution is 6.10. The highest BCUT2D eigenvalue weighted by Crippen LogP contribution is 2.31. The van der Waals surface area contributed by atoms with Gasteiger partial charge < -0.3 is 9.47 Å². The van der Waals surface area contributed by atoms with E-state index in [0.29, 0.717) is 18.4 Å². The molecule has 0 bridgehead atoms. The van der Waals surface area contributed by atoms with E-state index in [9.17, 15) is 14.4 Å². The maximum atomic E-state index is 12.1. The van der Waals surface area contributed by atoms with Crippen LogP contribution in [0, 0.1) is 0 Å². The van der Waals surface area contributed by atoms with Gasteiger partial charge in [-0.25, -0.2) is 9.59 Å². The fourth-order valence-electron chi connectivity index (χ4n) is 2.32. The van der Waals surface area contributed by atoms with Gasteiger partial charge in [-0.3, -0.25) is 4.79 Å². The van der Waals surface area contributed by atoms with E-state index in [1.807, 2.05) is 0 Å². The first-order valence-corrected chi connectivity index (χ1v) is 6.50. The Morgan fingerprint density at radius 1 is 1.15 bits per heavy atom. The smallest absolute Gasteiger partial charge is 0.358 e. The fraction of sp³-hybridized carbons (Fsp3) is 0.400. The average molecular weight is 276 g/mol. The first kappa shape index (κ1) is 14.2. The maximum absolute atomic E-state index is 12.1. The molecule has 106 valence electrons. The maximum Gasteiger partial charge on any atom is 0.358 e. The van der Waals surface area contributed by atoms with E-state index in [1.165, 1.54) is 7.11 Å². The van der Waals surface area contributed by atoms with E-state index < -0.39 is 17.5 Å². The molecular weight excluding hydrogens is 260 g/mol. The number of carbonyl (C=O) groups excluding carboxylic acids is 3. The minimum Gasteiger partial charge on any atom is -0.466 e. The summed E-state index contributed by atoms with van der Waals surface area (Å²) < 4.78 is 9.93. The number of ether oxygens (including phenoxy) is 2. The fourth-order valence-corrected chi connectivity index (χ4v) is 2.32. The van der Waals surface area contributed by atoms with Crippen LogP contribution < -0.4 is 0 Å². The van der Waals surface area contributed by atoms with Gasteiger partial charge in [0.15, 0.2) is 5.78 Å². The number of methoxy groups -OCH3 is 1. The van der Waals surface area contributed by atoms with Gasteiger partial charge in [0.2, 0.25) is 0 Å². The molecule has 2 rings (SSSR count). The van der Waals surface area contributed by atoms with Crippen LogP contribution in [0.15, 0.2) is 30.3 Å². The minimum absolute atomic E-state index is 0.178. The standard InChI is InChI=1S/C15H16O5/c1-19-14(18)15(10-6-5-9-12(15)16)20-13(17)11-7-3-2-4-8-11/h2-4,7-8H,5-6,9-10H2,1H3/t15-/m1/s1. The molecular formula is C15H16O5. The largest absolute Gasteiger partial charge is 0.466 e. The molecule has 0 spiro atoms. The first-order valence-electron chi connectivity index (χ1n) is 6.50. The number of esters is 2. The summed E-state index contributed by atoms with van der Waals surface area (Å²) in [6, 6.07) is 8.27. The third-order valence-corrected chi connectivity index (χ3v) is 3.42. The molecule has 0 saturated heterocycles. The van der Waals surface area contributed by atoms with Gasteiger partial charge in [0, 0.05) is 12.8 Å². The number of rotatable bonds is 3. The van der Waals surface area contributed by atoms with Gasteiger partial charge in [0.05, 0.1) is 12.7 Å². The molecule has 0 N–H and O–H groups in total. The lowest BCUT2D eigenvalue weighted by Crippen LogP contribution is -2.52. The summed E-state index contributed by atoms with van der Waals surface area (Å²) in [5, 5.41) is 0. The molecule has 5 heteroatoms. The topological polar surface area (TPSA) is 69.7 Å². The Hall–Kier alpha value is -2.17. The van der Waals surface area contributed by atoms with Crippen molar-refractivity contribution in [3.8, 4) is 0 Å². The van der Waals surface area contributed by atoms with Crippen molar-refractivity contribution in [1.29, 1.82) is 0 Å². The molecule has 1 fully saturated rings. The van der Waals surface area contributed by atoms with Crippen molar-refractivity contribution in [2.75, 3.05) is 7.11 Å². The Bertz CT molecular complexity index is 512. The van der Waals surface area contributed by atoms with Crippen molar-refractivity contribution in [1.82, 2.24) is 0 Å². The van der Waals surface area contributed by atoms with Gasteiger partial charge in [0.25, 0.3) is 5.60 Å². The van der Waals surface area contributed by atoms with E-state index in [-0.39, 0.29) is 18.6 Å². The van der Waals surface area contributed by atoms with Crippen molar-refractivity contribution in [2.45, 2.75) is 31.3 Å². The number of hydrogen-bond donors (Lipinski definition) is 0. The SMILES string of the molecule is COC(=O)[C@@]1(OC(=O)c2ccccc2)CCCCC1=O. The van der Waals surface area contributed by atoms with Crippen molar-refractivity contribution in [3.63, 3.8) is 0 Å². The summed E-state index contributed by atoms with van der Waals surface area (Å²) in [6.45, 7) is 0. The van der Waals surface area contributed by atoms with Gasteiger partial charge >= 0.3 is 11.9 Å². The van der Waals surface area contributed by atoms with Crippen LogP contribution in [-0.2, 0) is 19.1 Å². The zero-order chi connectivity index (χ0) is 14.6. The second-order valence-electron chi connectivity index (χ2n) is 4.70. The summed E-state index contributed by atoms with van der Waals surface area (Å²) >= 11 is 0. The van der Waals surface area contributed by atoms with Crippen LogP contribution in [-0.4, -0.2) is 30.4 Å². The Balaban J connectivity index is 2.27. The number of benzene rings is 1. The minimum atomic E-state index is -1.78. The van der Waals surface area contributed by atoms with Crippen LogP contribution in [0.3, 0.4) is 0 Å². The Labute approximate surface area is 116 Å². The molecule has 1 aromatic rings. The van der Waals surface area contributed by atoms with E-state index in [2.05, 4.69) is 4.74 Å². The number of Topliss-reactive ketones (excluding diaryl/α,β-unsaturated/α-hetero) is 1. The molecule has 0 aromatic heterocycles. The zero-order valence-corrected chi connectivity index (χ0v) is 11.3. The molecule has 20 heavy (non-hydrogen) atoms. The molecule has 0 radical (unpaired) electrons. The summed E-state index contributed by atoms with van der Waals surface area (Å²) in [4.78, 5) is 36.2. The van der Waals surface area contributed by atoms with Crippen LogP contribution in [0.4, 0.5) is 0 Å². The van der Waals surface area contributed by atoms with Gasteiger partial charge in [-0.2, -0.15) is 0 Å². The third-order valence-electron chi connectivity index (χ3n) is 3.42. The molecule has 5 nitrogen and oxygen atoms in total. The second kappa shape index (κ2) is 5.86. The van der Waals surface area contributed by atoms with Crippen LogP contribution in [0.5, 0.6) is 0 Å². The molecule has 0 unspecified atom stereocenters. The summed E-state index contributed by atoms with van der Waals surface area (Å²) in [5.41, 5.74) is -1.48. The van der Waals surface area contributed by atoms with Gasteiger partial charge in [-0.15, -0.1) is 0 Å². The highest BCUT2D eigenvalue weighted by atomic mass is 16.6.